The number of rotatable bonds is 1. The topological polar surface area (TPSA) is 83.1 Å². The van der Waals surface area contributed by atoms with E-state index in [1.807, 2.05) is 0 Å². The second kappa shape index (κ2) is 2.72. The van der Waals surface area contributed by atoms with Gasteiger partial charge in [-0.3, -0.25) is 0 Å². The van der Waals surface area contributed by atoms with Crippen molar-refractivity contribution in [2.24, 2.45) is 0 Å². The summed E-state index contributed by atoms with van der Waals surface area (Å²) in [5.41, 5.74) is 0. The standard InChI is InChI=1S/C4H2Cl2N6/c5-3-7-1(9-11-3)2-8-4(6)12-10-2/h(H,7,9,11)(H,8,10,12). The summed E-state index contributed by atoms with van der Waals surface area (Å²) >= 11 is 11.0. The molecule has 0 spiro atoms. The van der Waals surface area contributed by atoms with Crippen LogP contribution in [0.25, 0.3) is 11.6 Å². The Hall–Kier alpha value is -1.14. The molecule has 0 aromatic carbocycles. The minimum Gasteiger partial charge on any atom is -0.249 e. The van der Waals surface area contributed by atoms with Crippen molar-refractivity contribution in [1.82, 2.24) is 30.4 Å². The van der Waals surface area contributed by atoms with E-state index in [1.54, 1.807) is 0 Å². The summed E-state index contributed by atoms with van der Waals surface area (Å²) in [4.78, 5) is 7.58. The number of nitrogens with one attached hydrogen (secondary N) is 2. The molecule has 0 saturated carbocycles. The number of aromatic amines is 2. The van der Waals surface area contributed by atoms with Crippen LogP contribution in [0.1, 0.15) is 0 Å². The van der Waals surface area contributed by atoms with Gasteiger partial charge in [-0.25, -0.2) is 10.2 Å². The van der Waals surface area contributed by atoms with Crippen LogP contribution in [-0.2, 0) is 0 Å². The van der Waals surface area contributed by atoms with E-state index in [-0.39, 0.29) is 10.6 Å². The first-order chi connectivity index (χ1) is 5.75. The zero-order chi connectivity index (χ0) is 8.55. The summed E-state index contributed by atoms with van der Waals surface area (Å²) in [5.74, 6) is 0.617. The summed E-state index contributed by atoms with van der Waals surface area (Å²) in [6, 6.07) is 0. The summed E-state index contributed by atoms with van der Waals surface area (Å²) in [7, 11) is 0. The van der Waals surface area contributed by atoms with Crippen molar-refractivity contribution in [3.8, 4) is 11.6 Å². The Morgan fingerprint density at radius 1 is 0.833 bits per heavy atom. The van der Waals surface area contributed by atoms with Crippen molar-refractivity contribution in [1.29, 1.82) is 0 Å². The molecule has 0 atom stereocenters. The lowest BCUT2D eigenvalue weighted by atomic mass is 10.6. The van der Waals surface area contributed by atoms with Gasteiger partial charge >= 0.3 is 0 Å². The second-order valence-corrected chi connectivity index (χ2v) is 2.62. The first kappa shape index (κ1) is 7.51. The van der Waals surface area contributed by atoms with Gasteiger partial charge in [0.15, 0.2) is 0 Å². The van der Waals surface area contributed by atoms with Crippen molar-refractivity contribution in [3.05, 3.63) is 10.6 Å². The molecule has 12 heavy (non-hydrogen) atoms. The normalized spacial score (nSPS) is 10.5. The van der Waals surface area contributed by atoms with Crippen molar-refractivity contribution >= 4 is 23.2 Å². The van der Waals surface area contributed by atoms with E-state index in [9.17, 15) is 0 Å². The summed E-state index contributed by atoms with van der Waals surface area (Å²) < 4.78 is 0. The van der Waals surface area contributed by atoms with E-state index in [0.29, 0.717) is 11.6 Å². The number of hydrogen-bond acceptors (Lipinski definition) is 4. The average molecular weight is 205 g/mol. The fourth-order valence-electron chi connectivity index (χ4n) is 0.684. The first-order valence-electron chi connectivity index (χ1n) is 2.92. The summed E-state index contributed by atoms with van der Waals surface area (Å²) in [6.45, 7) is 0. The third-order valence-corrected chi connectivity index (χ3v) is 1.45. The molecular formula is C4H2Cl2N6. The molecule has 6 nitrogen and oxygen atoms in total. The third-order valence-electron chi connectivity index (χ3n) is 1.12. The van der Waals surface area contributed by atoms with Gasteiger partial charge in [0.1, 0.15) is 0 Å². The lowest BCUT2D eigenvalue weighted by Crippen LogP contribution is -1.82. The lowest BCUT2D eigenvalue weighted by Gasteiger charge is -1.79. The van der Waals surface area contributed by atoms with Crippen LogP contribution in [0.15, 0.2) is 0 Å². The molecule has 8 heteroatoms. The largest absolute Gasteiger partial charge is 0.249 e. The molecule has 0 unspecified atom stereocenters. The number of hydrogen-bond donors (Lipinski definition) is 2. The Kier molecular flexibility index (Phi) is 1.70. The van der Waals surface area contributed by atoms with Crippen molar-refractivity contribution in [2.75, 3.05) is 0 Å². The molecule has 2 aromatic rings. The fourth-order valence-corrected chi connectivity index (χ4v) is 0.929. The van der Waals surface area contributed by atoms with E-state index in [4.69, 9.17) is 23.2 Å². The van der Waals surface area contributed by atoms with Gasteiger partial charge in [0, 0.05) is 0 Å². The lowest BCUT2D eigenvalue weighted by molar-refractivity contribution is 1.05. The van der Waals surface area contributed by atoms with Crippen LogP contribution in [0.5, 0.6) is 0 Å². The van der Waals surface area contributed by atoms with Crippen LogP contribution in [0.3, 0.4) is 0 Å². The summed E-state index contributed by atoms with van der Waals surface area (Å²) in [5, 5.41) is 12.7. The Labute approximate surface area is 76.3 Å². The van der Waals surface area contributed by atoms with Crippen molar-refractivity contribution < 1.29 is 0 Å². The summed E-state index contributed by atoms with van der Waals surface area (Å²) in [6.07, 6.45) is 0. The molecule has 0 bridgehead atoms. The first-order valence-corrected chi connectivity index (χ1v) is 3.67. The molecule has 62 valence electrons. The van der Waals surface area contributed by atoms with Crippen LogP contribution >= 0.6 is 23.2 Å². The van der Waals surface area contributed by atoms with Gasteiger partial charge in [0.05, 0.1) is 0 Å². The van der Waals surface area contributed by atoms with E-state index >= 15 is 0 Å². The van der Waals surface area contributed by atoms with E-state index in [0.717, 1.165) is 0 Å². The van der Waals surface area contributed by atoms with Crippen LogP contribution in [0.2, 0.25) is 10.6 Å². The van der Waals surface area contributed by atoms with Gasteiger partial charge in [-0.05, 0) is 23.2 Å². The molecule has 0 saturated heterocycles. The zero-order valence-corrected chi connectivity index (χ0v) is 7.06. The third kappa shape index (κ3) is 1.26. The highest BCUT2D eigenvalue weighted by molar-refractivity contribution is 6.28. The van der Waals surface area contributed by atoms with Crippen molar-refractivity contribution in [2.45, 2.75) is 0 Å². The minimum absolute atomic E-state index is 0.186. The maximum atomic E-state index is 5.49. The molecule has 0 aliphatic rings. The van der Waals surface area contributed by atoms with Gasteiger partial charge in [-0.2, -0.15) is 9.97 Å². The van der Waals surface area contributed by atoms with Crippen LogP contribution < -0.4 is 0 Å². The molecule has 0 aliphatic carbocycles. The molecule has 2 rings (SSSR count). The maximum absolute atomic E-state index is 5.49. The van der Waals surface area contributed by atoms with E-state index in [2.05, 4.69) is 30.4 Å². The molecule has 0 amide bonds. The second-order valence-electron chi connectivity index (χ2n) is 1.90. The maximum Gasteiger partial charge on any atom is 0.221 e. The fraction of sp³-hybridized carbons (Fsp3) is 0. The predicted octanol–water partition coefficient (Wildman–Crippen LogP) is 0.897. The van der Waals surface area contributed by atoms with Gasteiger partial charge in [-0.1, -0.05) is 0 Å². The Bertz CT molecular complexity index is 353. The number of nitrogens with zero attached hydrogens (tertiary/aromatic N) is 4. The number of aromatic nitrogens is 6. The molecule has 2 heterocycles. The predicted molar refractivity (Wildman–Crippen MR) is 41.8 cm³/mol. The monoisotopic (exact) mass is 204 g/mol. The van der Waals surface area contributed by atoms with E-state index < -0.39 is 0 Å². The molecule has 2 aromatic heterocycles. The highest BCUT2D eigenvalue weighted by atomic mass is 35.5. The Balaban J connectivity index is 2.43. The molecule has 0 aliphatic heterocycles. The van der Waals surface area contributed by atoms with Gasteiger partial charge < -0.3 is 0 Å². The average Bonchev–Trinajstić information content (AvgIpc) is 2.58. The van der Waals surface area contributed by atoms with E-state index in [1.165, 1.54) is 0 Å². The smallest absolute Gasteiger partial charge is 0.221 e. The molecular weight excluding hydrogens is 203 g/mol. The van der Waals surface area contributed by atoms with Crippen molar-refractivity contribution in [3.63, 3.8) is 0 Å². The number of H-pyrrole nitrogens is 2. The highest BCUT2D eigenvalue weighted by Gasteiger charge is 2.09. The SMILES string of the molecule is Clc1nc(-c2n[nH]c(Cl)n2)n[nH]1. The van der Waals surface area contributed by atoms with Crippen LogP contribution in [0.4, 0.5) is 0 Å². The van der Waals surface area contributed by atoms with Gasteiger partial charge in [0.25, 0.3) is 0 Å². The molecule has 0 radical (unpaired) electrons. The Morgan fingerprint density at radius 2 is 1.25 bits per heavy atom. The molecule has 2 N–H and O–H groups in total. The quantitative estimate of drug-likeness (QED) is 0.724. The molecule has 0 fully saturated rings. The van der Waals surface area contributed by atoms with Gasteiger partial charge in [-0.15, -0.1) is 10.2 Å². The Morgan fingerprint density at radius 3 is 1.50 bits per heavy atom. The van der Waals surface area contributed by atoms with Crippen LogP contribution in [-0.4, -0.2) is 30.4 Å². The number of halogens is 2. The minimum atomic E-state index is 0.186. The van der Waals surface area contributed by atoms with Gasteiger partial charge in [0.2, 0.25) is 22.2 Å². The highest BCUT2D eigenvalue weighted by Crippen LogP contribution is 2.11. The van der Waals surface area contributed by atoms with Crippen LogP contribution in [0, 0.1) is 0 Å². The zero-order valence-electron chi connectivity index (χ0n) is 5.54.